The van der Waals surface area contributed by atoms with Crippen LogP contribution in [0.15, 0.2) is 24.5 Å². The monoisotopic (exact) mass is 640 g/mol. The summed E-state index contributed by atoms with van der Waals surface area (Å²) in [6, 6.07) is 4.42. The number of likely N-dealkylation sites (tertiary alicyclic amines) is 1. The third-order valence-corrected chi connectivity index (χ3v) is 9.39. The fraction of sp³-hybridized carbons (Fsp3) is 0.676. The molecule has 2 aliphatic rings. The van der Waals surface area contributed by atoms with Crippen LogP contribution in [0.3, 0.4) is 0 Å². The van der Waals surface area contributed by atoms with E-state index in [1.165, 1.54) is 24.5 Å². The van der Waals surface area contributed by atoms with Gasteiger partial charge in [-0.3, -0.25) is 14.5 Å². The number of hydrogen-bond donors (Lipinski definition) is 1. The average molecular weight is 641 g/mol. The summed E-state index contributed by atoms with van der Waals surface area (Å²) < 4.78 is 20.5. The van der Waals surface area contributed by atoms with Crippen LogP contribution in [0.1, 0.15) is 71.2 Å². The average Bonchev–Trinajstić information content (AvgIpc) is 3.44. The molecule has 46 heavy (non-hydrogen) atoms. The first kappa shape index (κ1) is 35.5. The van der Waals surface area contributed by atoms with Gasteiger partial charge in [0, 0.05) is 76.8 Å². The molecule has 2 fully saturated rings. The summed E-state index contributed by atoms with van der Waals surface area (Å²) in [5.41, 5.74) is 0.317. The van der Waals surface area contributed by atoms with Gasteiger partial charge < -0.3 is 24.8 Å². The van der Waals surface area contributed by atoms with Crippen LogP contribution >= 0.6 is 0 Å². The van der Waals surface area contributed by atoms with Crippen molar-refractivity contribution in [2.45, 2.75) is 72.9 Å². The van der Waals surface area contributed by atoms with Gasteiger partial charge in [-0.25, -0.2) is 9.37 Å². The van der Waals surface area contributed by atoms with E-state index in [4.69, 9.17) is 4.74 Å². The van der Waals surface area contributed by atoms with E-state index in [1.54, 1.807) is 23.9 Å². The van der Waals surface area contributed by atoms with Gasteiger partial charge in [0.25, 0.3) is 11.8 Å². The number of hydrogen-bond acceptors (Lipinski definition) is 9. The molecule has 1 N–H and O–H groups in total. The Kier molecular flexibility index (Phi) is 11.9. The molecule has 0 radical (unpaired) electrons. The lowest BCUT2D eigenvalue weighted by Crippen LogP contribution is -2.62. The maximum atomic E-state index is 14.3. The van der Waals surface area contributed by atoms with E-state index < -0.39 is 5.82 Å². The number of rotatable bonds is 15. The Labute approximate surface area is 273 Å². The van der Waals surface area contributed by atoms with Gasteiger partial charge in [0.2, 0.25) is 5.91 Å². The SMILES string of the molecule is CCN(C(=O)c1cc(F)ccc1Oc1nncnc1N1CCC2(C1)CN([C@H](CCCNCC(C)C(=O)N(C)C)C(C)C)C2)C(C)C. The van der Waals surface area contributed by atoms with Crippen LogP contribution < -0.4 is 15.0 Å². The first-order valence-corrected chi connectivity index (χ1v) is 16.7. The Hall–Kier alpha value is -3.38. The molecule has 0 aliphatic carbocycles. The van der Waals surface area contributed by atoms with Crippen molar-refractivity contribution >= 4 is 17.6 Å². The molecule has 2 aliphatic heterocycles. The smallest absolute Gasteiger partial charge is 0.282 e. The fourth-order valence-electron chi connectivity index (χ4n) is 6.95. The third-order valence-electron chi connectivity index (χ3n) is 9.39. The highest BCUT2D eigenvalue weighted by Crippen LogP contribution is 2.44. The Bertz CT molecular complexity index is 1330. The Morgan fingerprint density at radius 2 is 1.87 bits per heavy atom. The van der Waals surface area contributed by atoms with Gasteiger partial charge >= 0.3 is 0 Å². The molecule has 3 heterocycles. The van der Waals surface area contributed by atoms with E-state index in [-0.39, 0.29) is 46.4 Å². The highest BCUT2D eigenvalue weighted by Gasteiger charge is 2.50. The van der Waals surface area contributed by atoms with Crippen LogP contribution in [0.4, 0.5) is 10.2 Å². The molecule has 2 aromatic rings. The minimum Gasteiger partial charge on any atom is -0.434 e. The minimum absolute atomic E-state index is 0.0241. The van der Waals surface area contributed by atoms with E-state index in [2.05, 4.69) is 44.1 Å². The van der Waals surface area contributed by atoms with Crippen molar-refractivity contribution in [3.8, 4) is 11.6 Å². The predicted octanol–water partition coefficient (Wildman–Crippen LogP) is 4.30. The lowest BCUT2D eigenvalue weighted by Gasteiger charge is -2.53. The number of carbonyl (C=O) groups excluding carboxylic acids is 2. The number of amides is 2. The molecule has 1 spiro atoms. The third kappa shape index (κ3) is 8.31. The Morgan fingerprint density at radius 3 is 2.52 bits per heavy atom. The van der Waals surface area contributed by atoms with Crippen LogP contribution in [0.2, 0.25) is 0 Å². The molecular weight excluding hydrogens is 587 g/mol. The molecule has 1 aromatic heterocycles. The molecule has 12 heteroatoms. The van der Waals surface area contributed by atoms with Gasteiger partial charge in [-0.15, -0.1) is 10.2 Å². The number of carbonyl (C=O) groups is 2. The number of aromatic nitrogens is 3. The van der Waals surface area contributed by atoms with Gasteiger partial charge in [-0.1, -0.05) is 20.8 Å². The lowest BCUT2D eigenvalue weighted by molar-refractivity contribution is -0.132. The summed E-state index contributed by atoms with van der Waals surface area (Å²) in [5.74, 6) is 0.879. The molecule has 1 aromatic carbocycles. The van der Waals surface area contributed by atoms with Crippen LogP contribution in [-0.2, 0) is 4.79 Å². The predicted molar refractivity (Wildman–Crippen MR) is 178 cm³/mol. The maximum Gasteiger partial charge on any atom is 0.282 e. The quantitative estimate of drug-likeness (QED) is 0.285. The Morgan fingerprint density at radius 1 is 1.13 bits per heavy atom. The molecule has 2 amide bonds. The van der Waals surface area contributed by atoms with Crippen molar-refractivity contribution in [2.24, 2.45) is 17.3 Å². The van der Waals surface area contributed by atoms with Gasteiger partial charge in [0.15, 0.2) is 5.82 Å². The van der Waals surface area contributed by atoms with Gasteiger partial charge in [0.05, 0.1) is 5.56 Å². The molecule has 2 saturated heterocycles. The van der Waals surface area contributed by atoms with Crippen molar-refractivity contribution in [1.82, 2.24) is 35.2 Å². The maximum absolute atomic E-state index is 14.3. The second-order valence-corrected chi connectivity index (χ2v) is 13.9. The van der Waals surface area contributed by atoms with Crippen LogP contribution in [-0.4, -0.2) is 114 Å². The summed E-state index contributed by atoms with van der Waals surface area (Å²) in [7, 11) is 3.60. The van der Waals surface area contributed by atoms with E-state index in [0.717, 1.165) is 52.0 Å². The molecule has 2 atom stereocenters. The molecule has 0 saturated carbocycles. The van der Waals surface area contributed by atoms with E-state index in [9.17, 15) is 14.0 Å². The number of anilines is 1. The molecule has 1 unspecified atom stereocenters. The number of ether oxygens (including phenoxy) is 1. The lowest BCUT2D eigenvalue weighted by atomic mass is 9.76. The van der Waals surface area contributed by atoms with Crippen molar-refractivity contribution in [1.29, 1.82) is 0 Å². The second kappa shape index (κ2) is 15.5. The van der Waals surface area contributed by atoms with Crippen molar-refractivity contribution < 1.29 is 18.7 Å². The van der Waals surface area contributed by atoms with Crippen LogP contribution in [0.5, 0.6) is 11.6 Å². The van der Waals surface area contributed by atoms with E-state index >= 15 is 0 Å². The first-order chi connectivity index (χ1) is 21.9. The molecule has 254 valence electrons. The zero-order valence-corrected chi connectivity index (χ0v) is 28.9. The Balaban J connectivity index is 1.36. The molecule has 4 rings (SSSR count). The fourth-order valence-corrected chi connectivity index (χ4v) is 6.95. The molecule has 0 bridgehead atoms. The second-order valence-electron chi connectivity index (χ2n) is 13.9. The van der Waals surface area contributed by atoms with Gasteiger partial charge in [-0.05, 0) is 70.7 Å². The number of nitrogens with one attached hydrogen (secondary N) is 1. The van der Waals surface area contributed by atoms with E-state index in [0.29, 0.717) is 30.9 Å². The molecular formula is C34H53FN8O3. The van der Waals surface area contributed by atoms with Crippen molar-refractivity contribution in [3.63, 3.8) is 0 Å². The van der Waals surface area contributed by atoms with Gasteiger partial charge in [0.1, 0.15) is 17.9 Å². The minimum atomic E-state index is -0.508. The van der Waals surface area contributed by atoms with Crippen molar-refractivity contribution in [2.75, 3.05) is 64.8 Å². The summed E-state index contributed by atoms with van der Waals surface area (Å²) >= 11 is 0. The van der Waals surface area contributed by atoms with Gasteiger partial charge in [-0.2, -0.15) is 0 Å². The number of halogens is 1. The standard InChI is InChI=1S/C34H53FN8O3/c1-9-43(24(4)5)33(45)27-17-26(35)12-13-29(27)46-31-30(37-22-38-39-31)41-16-14-34(19-41)20-42(21-34)28(23(2)3)11-10-15-36-18-25(6)32(44)40(7)8/h12-13,17,22-25,28,36H,9-11,14-16,18-21H2,1-8H3/t25?,28-/m1/s1. The zero-order valence-electron chi connectivity index (χ0n) is 28.9. The highest BCUT2D eigenvalue weighted by molar-refractivity contribution is 5.97. The zero-order chi connectivity index (χ0) is 33.6. The normalized spacial score (nSPS) is 17.3. The first-order valence-electron chi connectivity index (χ1n) is 16.7. The molecule has 11 nitrogen and oxygen atoms in total. The summed E-state index contributed by atoms with van der Waals surface area (Å²) in [4.78, 5) is 38.1. The number of benzene rings is 1. The van der Waals surface area contributed by atoms with Crippen LogP contribution in [0, 0.1) is 23.1 Å². The van der Waals surface area contributed by atoms with Crippen molar-refractivity contribution in [3.05, 3.63) is 35.9 Å². The summed E-state index contributed by atoms with van der Waals surface area (Å²) in [5, 5.41) is 11.7. The number of nitrogens with zero attached hydrogens (tertiary/aromatic N) is 7. The highest BCUT2D eigenvalue weighted by atomic mass is 19.1. The van der Waals surface area contributed by atoms with E-state index in [1.807, 2.05) is 27.7 Å². The summed E-state index contributed by atoms with van der Waals surface area (Å²) in [6.45, 7) is 18.1. The summed E-state index contributed by atoms with van der Waals surface area (Å²) in [6.07, 6.45) is 4.63. The van der Waals surface area contributed by atoms with Crippen LogP contribution in [0.25, 0.3) is 0 Å². The largest absolute Gasteiger partial charge is 0.434 e. The topological polar surface area (TPSA) is 107 Å².